The van der Waals surface area contributed by atoms with E-state index in [2.05, 4.69) is 20.7 Å². The first kappa shape index (κ1) is 19.7. The number of nitrogens with one attached hydrogen (secondary N) is 1. The lowest BCUT2D eigenvalue weighted by Crippen LogP contribution is -2.51. The van der Waals surface area contributed by atoms with Gasteiger partial charge in [-0.3, -0.25) is 0 Å². The summed E-state index contributed by atoms with van der Waals surface area (Å²) in [7, 11) is -3.58. The zero-order valence-electron chi connectivity index (χ0n) is 12.5. The summed E-state index contributed by atoms with van der Waals surface area (Å²) in [4.78, 5) is 0.220. The molecule has 1 aromatic carbocycles. The van der Waals surface area contributed by atoms with Gasteiger partial charge in [-0.25, -0.2) is 13.1 Å². The summed E-state index contributed by atoms with van der Waals surface area (Å²) in [5.41, 5.74) is 5.30. The first-order chi connectivity index (χ1) is 9.92. The van der Waals surface area contributed by atoms with Crippen LogP contribution < -0.4 is 15.2 Å². The Morgan fingerprint density at radius 1 is 1.36 bits per heavy atom. The molecule has 8 heteroatoms. The molecule has 5 nitrogen and oxygen atoms in total. The van der Waals surface area contributed by atoms with E-state index in [9.17, 15) is 8.42 Å². The molecule has 126 valence electrons. The van der Waals surface area contributed by atoms with Crippen LogP contribution in [0.1, 0.15) is 32.6 Å². The number of halogens is 2. The zero-order valence-corrected chi connectivity index (χ0v) is 15.7. The summed E-state index contributed by atoms with van der Waals surface area (Å²) in [6.45, 7) is 2.73. The van der Waals surface area contributed by atoms with Gasteiger partial charge >= 0.3 is 0 Å². The number of rotatable bonds is 6. The predicted octanol–water partition coefficient (Wildman–Crippen LogP) is 2.82. The summed E-state index contributed by atoms with van der Waals surface area (Å²) in [6.07, 6.45) is 3.60. The molecule has 1 aromatic rings. The molecule has 0 radical (unpaired) electrons. The maximum absolute atomic E-state index is 12.5. The molecule has 2 rings (SSSR count). The molecule has 0 spiro atoms. The van der Waals surface area contributed by atoms with Crippen LogP contribution in [0, 0.1) is 0 Å². The Hall–Kier alpha value is -0.340. The Morgan fingerprint density at radius 2 is 2.00 bits per heavy atom. The van der Waals surface area contributed by atoms with Crippen LogP contribution in [-0.4, -0.2) is 27.1 Å². The molecule has 0 atom stereocenters. The van der Waals surface area contributed by atoms with Crippen molar-refractivity contribution < 1.29 is 13.2 Å². The largest absolute Gasteiger partial charge is 0.493 e. The van der Waals surface area contributed by atoms with Crippen molar-refractivity contribution in [3.63, 3.8) is 0 Å². The van der Waals surface area contributed by atoms with Crippen LogP contribution >= 0.6 is 28.3 Å². The second-order valence-corrected chi connectivity index (χ2v) is 7.86. The van der Waals surface area contributed by atoms with E-state index in [1.165, 1.54) is 0 Å². The van der Waals surface area contributed by atoms with Gasteiger partial charge in [0.05, 0.1) is 16.0 Å². The number of hydrogen-bond donors (Lipinski definition) is 2. The maximum Gasteiger partial charge on any atom is 0.241 e. The molecule has 1 fully saturated rings. The highest BCUT2D eigenvalue weighted by Gasteiger charge is 2.36. The van der Waals surface area contributed by atoms with E-state index in [0.717, 1.165) is 25.7 Å². The fraction of sp³-hybridized carbons (Fsp3) is 0.571. The number of benzene rings is 1. The van der Waals surface area contributed by atoms with Crippen molar-refractivity contribution >= 4 is 38.4 Å². The minimum Gasteiger partial charge on any atom is -0.493 e. The third kappa shape index (κ3) is 4.35. The van der Waals surface area contributed by atoms with Crippen molar-refractivity contribution in [3.8, 4) is 5.75 Å². The van der Waals surface area contributed by atoms with Gasteiger partial charge in [0.2, 0.25) is 10.0 Å². The molecule has 0 bridgehead atoms. The lowest BCUT2D eigenvalue weighted by Gasteiger charge is -2.28. The summed E-state index contributed by atoms with van der Waals surface area (Å²) < 4.78 is 33.9. The molecule has 0 aliphatic heterocycles. The quantitative estimate of drug-likeness (QED) is 0.751. The van der Waals surface area contributed by atoms with E-state index in [0.29, 0.717) is 23.4 Å². The highest BCUT2D eigenvalue weighted by Crippen LogP contribution is 2.32. The Labute approximate surface area is 146 Å². The Kier molecular flexibility index (Phi) is 7.14. The normalized spacial score (nSPS) is 17.0. The summed E-state index contributed by atoms with van der Waals surface area (Å²) in [5.74, 6) is 0.630. The van der Waals surface area contributed by atoms with Crippen LogP contribution in [0.25, 0.3) is 0 Å². The third-order valence-electron chi connectivity index (χ3n) is 3.82. The molecule has 0 unspecified atom stereocenters. The van der Waals surface area contributed by atoms with Crippen molar-refractivity contribution in [2.45, 2.75) is 43.0 Å². The van der Waals surface area contributed by atoms with Crippen LogP contribution in [-0.2, 0) is 10.0 Å². The van der Waals surface area contributed by atoms with Gasteiger partial charge < -0.3 is 10.5 Å². The van der Waals surface area contributed by atoms with Crippen LogP contribution in [0.3, 0.4) is 0 Å². The second kappa shape index (κ2) is 7.97. The molecule has 0 saturated heterocycles. The van der Waals surface area contributed by atoms with E-state index in [4.69, 9.17) is 10.5 Å². The fourth-order valence-electron chi connectivity index (χ4n) is 2.66. The van der Waals surface area contributed by atoms with Crippen LogP contribution in [0.2, 0.25) is 0 Å². The molecular formula is C14H22BrClN2O3S. The van der Waals surface area contributed by atoms with E-state index in [1.807, 2.05) is 6.92 Å². The van der Waals surface area contributed by atoms with Gasteiger partial charge in [-0.05, 0) is 53.9 Å². The average molecular weight is 414 g/mol. The molecule has 1 aliphatic carbocycles. The van der Waals surface area contributed by atoms with Crippen molar-refractivity contribution in [1.82, 2.24) is 4.72 Å². The topological polar surface area (TPSA) is 81.4 Å². The van der Waals surface area contributed by atoms with E-state index < -0.39 is 15.6 Å². The number of hydrogen-bond acceptors (Lipinski definition) is 4. The van der Waals surface area contributed by atoms with Crippen molar-refractivity contribution in [2.75, 3.05) is 13.2 Å². The van der Waals surface area contributed by atoms with Gasteiger partial charge in [-0.1, -0.05) is 12.8 Å². The molecular weight excluding hydrogens is 392 g/mol. The van der Waals surface area contributed by atoms with Gasteiger partial charge in [-0.15, -0.1) is 12.4 Å². The number of nitrogens with two attached hydrogens (primary N) is 1. The van der Waals surface area contributed by atoms with Gasteiger partial charge in [0.1, 0.15) is 5.75 Å². The Bertz CT molecular complexity index is 604. The Balaban J connectivity index is 0.00000242. The highest BCUT2D eigenvalue weighted by atomic mass is 79.9. The van der Waals surface area contributed by atoms with Crippen molar-refractivity contribution in [3.05, 3.63) is 22.7 Å². The number of ether oxygens (including phenoxy) is 1. The fourth-order valence-corrected chi connectivity index (χ4v) is 4.81. The van der Waals surface area contributed by atoms with Gasteiger partial charge in [0, 0.05) is 12.1 Å². The smallest absolute Gasteiger partial charge is 0.241 e. The molecule has 0 amide bonds. The number of sulfonamides is 1. The molecule has 0 heterocycles. The SMILES string of the molecule is CCOc1ccc(S(=O)(=O)NC2(CN)CCCC2)cc1Br.Cl. The second-order valence-electron chi connectivity index (χ2n) is 5.32. The van der Waals surface area contributed by atoms with E-state index >= 15 is 0 Å². The van der Waals surface area contributed by atoms with Gasteiger partial charge in [-0.2, -0.15) is 0 Å². The summed E-state index contributed by atoms with van der Waals surface area (Å²) >= 11 is 3.34. The zero-order chi connectivity index (χ0) is 15.5. The van der Waals surface area contributed by atoms with E-state index in [-0.39, 0.29) is 17.3 Å². The molecule has 3 N–H and O–H groups in total. The minimum atomic E-state index is -3.58. The summed E-state index contributed by atoms with van der Waals surface area (Å²) in [6, 6.07) is 4.77. The standard InChI is InChI=1S/C14H21BrN2O3S.ClH/c1-2-20-13-6-5-11(9-12(13)15)21(18,19)17-14(10-16)7-3-4-8-14;/h5-6,9,17H,2-4,7-8,10,16H2,1H3;1H. The first-order valence-electron chi connectivity index (χ1n) is 7.09. The monoisotopic (exact) mass is 412 g/mol. The van der Waals surface area contributed by atoms with Crippen molar-refractivity contribution in [1.29, 1.82) is 0 Å². The highest BCUT2D eigenvalue weighted by molar-refractivity contribution is 9.10. The third-order valence-corrected chi connectivity index (χ3v) is 6.01. The predicted molar refractivity (Wildman–Crippen MR) is 93.1 cm³/mol. The van der Waals surface area contributed by atoms with E-state index in [1.54, 1.807) is 18.2 Å². The van der Waals surface area contributed by atoms with Crippen LogP contribution in [0.15, 0.2) is 27.6 Å². The minimum absolute atomic E-state index is 0. The van der Waals surface area contributed by atoms with Crippen LogP contribution in [0.5, 0.6) is 5.75 Å². The molecule has 22 heavy (non-hydrogen) atoms. The average Bonchev–Trinajstić information content (AvgIpc) is 2.89. The van der Waals surface area contributed by atoms with Gasteiger partial charge in [0.25, 0.3) is 0 Å². The lowest BCUT2D eigenvalue weighted by molar-refractivity contribution is 0.338. The van der Waals surface area contributed by atoms with Gasteiger partial charge in [0.15, 0.2) is 0 Å². The Morgan fingerprint density at radius 3 is 2.50 bits per heavy atom. The lowest BCUT2D eigenvalue weighted by atomic mass is 10.0. The van der Waals surface area contributed by atoms with Crippen molar-refractivity contribution in [2.24, 2.45) is 5.73 Å². The molecule has 0 aromatic heterocycles. The summed E-state index contributed by atoms with van der Waals surface area (Å²) in [5, 5.41) is 0. The first-order valence-corrected chi connectivity index (χ1v) is 9.36. The molecule has 1 aliphatic rings. The molecule has 1 saturated carbocycles. The van der Waals surface area contributed by atoms with Crippen LogP contribution in [0.4, 0.5) is 0 Å². The maximum atomic E-state index is 12.5.